The minimum atomic E-state index is -0.516. The minimum Gasteiger partial charge on any atom is -0.444 e. The highest BCUT2D eigenvalue weighted by molar-refractivity contribution is 6.31. The summed E-state index contributed by atoms with van der Waals surface area (Å²) in [5.41, 5.74) is 6.98. The second kappa shape index (κ2) is 5.02. The van der Waals surface area contributed by atoms with Gasteiger partial charge in [-0.05, 0) is 51.0 Å². The SMILES string of the molecule is CC(C)(C)OC(=O)Nc1ccc(Cl)c(C2CC2N)c1. The zero-order chi connectivity index (χ0) is 14.2. The number of carbonyl (C=O) groups is 1. The monoisotopic (exact) mass is 282 g/mol. The Kier molecular flexibility index (Phi) is 3.74. The maximum absolute atomic E-state index is 11.7. The van der Waals surface area contributed by atoms with E-state index in [1.54, 1.807) is 12.1 Å². The van der Waals surface area contributed by atoms with Gasteiger partial charge >= 0.3 is 6.09 Å². The minimum absolute atomic E-state index is 0.175. The normalized spacial score (nSPS) is 21.9. The van der Waals surface area contributed by atoms with E-state index in [1.807, 2.05) is 26.8 Å². The van der Waals surface area contributed by atoms with Gasteiger partial charge in [0.2, 0.25) is 0 Å². The Bertz CT molecular complexity index is 497. The van der Waals surface area contributed by atoms with E-state index in [1.165, 1.54) is 0 Å². The first-order chi connectivity index (χ1) is 8.76. The Morgan fingerprint density at radius 2 is 2.11 bits per heavy atom. The Labute approximate surface area is 118 Å². The third-order valence-corrected chi connectivity index (χ3v) is 3.22. The summed E-state index contributed by atoms with van der Waals surface area (Å²) in [5.74, 6) is 0.299. The first-order valence-electron chi connectivity index (χ1n) is 6.31. The quantitative estimate of drug-likeness (QED) is 0.872. The van der Waals surface area contributed by atoms with Gasteiger partial charge in [0.15, 0.2) is 0 Å². The predicted molar refractivity (Wildman–Crippen MR) is 76.6 cm³/mol. The molecule has 5 heteroatoms. The van der Waals surface area contributed by atoms with E-state index < -0.39 is 11.7 Å². The summed E-state index contributed by atoms with van der Waals surface area (Å²) >= 11 is 6.14. The van der Waals surface area contributed by atoms with E-state index in [0.717, 1.165) is 12.0 Å². The number of hydrogen-bond acceptors (Lipinski definition) is 3. The first kappa shape index (κ1) is 14.2. The summed E-state index contributed by atoms with van der Waals surface area (Å²) in [4.78, 5) is 11.7. The van der Waals surface area contributed by atoms with Crippen LogP contribution in [0, 0.1) is 0 Å². The fourth-order valence-corrected chi connectivity index (χ4v) is 2.16. The molecule has 0 spiro atoms. The van der Waals surface area contributed by atoms with Gasteiger partial charge in [-0.25, -0.2) is 4.79 Å². The van der Waals surface area contributed by atoms with E-state index in [4.69, 9.17) is 22.1 Å². The van der Waals surface area contributed by atoms with Crippen molar-refractivity contribution in [3.8, 4) is 0 Å². The number of halogens is 1. The Hall–Kier alpha value is -1.26. The lowest BCUT2D eigenvalue weighted by Gasteiger charge is -2.20. The molecule has 0 saturated heterocycles. The van der Waals surface area contributed by atoms with Crippen LogP contribution >= 0.6 is 11.6 Å². The molecular weight excluding hydrogens is 264 g/mol. The number of nitrogens with two attached hydrogens (primary N) is 1. The molecule has 2 unspecified atom stereocenters. The van der Waals surface area contributed by atoms with Crippen LogP contribution in [0.5, 0.6) is 0 Å². The molecule has 3 N–H and O–H groups in total. The maximum atomic E-state index is 11.7. The lowest BCUT2D eigenvalue weighted by Crippen LogP contribution is -2.27. The van der Waals surface area contributed by atoms with Crippen molar-refractivity contribution in [2.24, 2.45) is 5.73 Å². The molecule has 19 heavy (non-hydrogen) atoms. The second-order valence-corrected chi connectivity index (χ2v) is 6.28. The predicted octanol–water partition coefficient (Wildman–Crippen LogP) is 3.50. The van der Waals surface area contributed by atoms with E-state index >= 15 is 0 Å². The summed E-state index contributed by atoms with van der Waals surface area (Å²) in [5, 5.41) is 3.39. The molecule has 0 aliphatic heterocycles. The zero-order valence-corrected chi connectivity index (χ0v) is 12.1. The molecule has 4 nitrogen and oxygen atoms in total. The molecule has 1 saturated carbocycles. The highest BCUT2D eigenvalue weighted by Gasteiger charge is 2.36. The van der Waals surface area contributed by atoms with Crippen molar-refractivity contribution in [1.82, 2.24) is 0 Å². The van der Waals surface area contributed by atoms with E-state index in [9.17, 15) is 4.79 Å². The molecule has 104 valence electrons. The number of amides is 1. The van der Waals surface area contributed by atoms with Crippen molar-refractivity contribution < 1.29 is 9.53 Å². The second-order valence-electron chi connectivity index (χ2n) is 5.87. The van der Waals surface area contributed by atoms with Gasteiger partial charge in [-0.1, -0.05) is 11.6 Å². The molecule has 1 aliphatic carbocycles. The summed E-state index contributed by atoms with van der Waals surface area (Å²) in [6.45, 7) is 5.47. The summed E-state index contributed by atoms with van der Waals surface area (Å²) in [6, 6.07) is 5.57. The number of benzene rings is 1. The molecule has 2 rings (SSSR count). The first-order valence-corrected chi connectivity index (χ1v) is 6.69. The third-order valence-electron chi connectivity index (χ3n) is 2.88. The molecule has 1 aromatic rings. The van der Waals surface area contributed by atoms with Crippen LogP contribution in [0.25, 0.3) is 0 Å². The van der Waals surface area contributed by atoms with Crippen molar-refractivity contribution >= 4 is 23.4 Å². The fourth-order valence-electron chi connectivity index (χ4n) is 1.90. The van der Waals surface area contributed by atoms with E-state index in [-0.39, 0.29) is 6.04 Å². The van der Waals surface area contributed by atoms with E-state index in [2.05, 4.69) is 5.32 Å². The average Bonchev–Trinajstić information content (AvgIpc) is 2.95. The largest absolute Gasteiger partial charge is 0.444 e. The van der Waals surface area contributed by atoms with Crippen LogP contribution < -0.4 is 11.1 Å². The van der Waals surface area contributed by atoms with Crippen LogP contribution in [-0.2, 0) is 4.74 Å². The number of nitrogens with one attached hydrogen (secondary N) is 1. The zero-order valence-electron chi connectivity index (χ0n) is 11.4. The fraction of sp³-hybridized carbons (Fsp3) is 0.500. The molecule has 1 amide bonds. The van der Waals surface area contributed by atoms with Crippen molar-refractivity contribution in [3.63, 3.8) is 0 Å². The summed E-state index contributed by atoms with van der Waals surface area (Å²) in [7, 11) is 0. The summed E-state index contributed by atoms with van der Waals surface area (Å²) < 4.78 is 5.20. The van der Waals surface area contributed by atoms with Crippen molar-refractivity contribution in [2.45, 2.75) is 44.8 Å². The molecular formula is C14H19ClN2O2. The maximum Gasteiger partial charge on any atom is 0.412 e. The number of hydrogen-bond donors (Lipinski definition) is 2. The molecule has 0 bridgehead atoms. The Morgan fingerprint density at radius 1 is 1.47 bits per heavy atom. The van der Waals surface area contributed by atoms with Crippen molar-refractivity contribution in [2.75, 3.05) is 5.32 Å². The van der Waals surface area contributed by atoms with Gasteiger partial charge in [-0.15, -0.1) is 0 Å². The highest BCUT2D eigenvalue weighted by Crippen LogP contribution is 2.43. The van der Waals surface area contributed by atoms with Crippen LogP contribution in [0.3, 0.4) is 0 Å². The average molecular weight is 283 g/mol. The molecule has 1 fully saturated rings. The topological polar surface area (TPSA) is 64.3 Å². The van der Waals surface area contributed by atoms with Crippen LogP contribution in [0.1, 0.15) is 38.7 Å². The van der Waals surface area contributed by atoms with Crippen LogP contribution in [0.2, 0.25) is 5.02 Å². The van der Waals surface area contributed by atoms with Crippen LogP contribution in [-0.4, -0.2) is 17.7 Å². The number of rotatable bonds is 2. The standard InChI is InChI=1S/C14H19ClN2O2/c1-14(2,3)19-13(18)17-8-4-5-11(15)9(6-8)10-7-12(10)16/h4-6,10,12H,7,16H2,1-3H3,(H,17,18). The van der Waals surface area contributed by atoms with Crippen molar-refractivity contribution in [3.05, 3.63) is 28.8 Å². The molecule has 0 aromatic heterocycles. The highest BCUT2D eigenvalue weighted by atomic mass is 35.5. The van der Waals surface area contributed by atoms with Crippen LogP contribution in [0.15, 0.2) is 18.2 Å². The molecule has 2 atom stereocenters. The molecule has 0 radical (unpaired) electrons. The van der Waals surface area contributed by atoms with Gasteiger partial charge in [0.05, 0.1) is 0 Å². The number of anilines is 1. The smallest absolute Gasteiger partial charge is 0.412 e. The van der Waals surface area contributed by atoms with Crippen molar-refractivity contribution in [1.29, 1.82) is 0 Å². The van der Waals surface area contributed by atoms with Gasteiger partial charge in [-0.3, -0.25) is 5.32 Å². The number of carbonyl (C=O) groups excluding carboxylic acids is 1. The number of ether oxygens (including phenoxy) is 1. The molecule has 0 heterocycles. The van der Waals surface area contributed by atoms with Gasteiger partial charge in [0.25, 0.3) is 0 Å². The van der Waals surface area contributed by atoms with Gasteiger partial charge < -0.3 is 10.5 Å². The Morgan fingerprint density at radius 3 is 2.63 bits per heavy atom. The summed E-state index contributed by atoms with van der Waals surface area (Å²) in [6.07, 6.45) is 0.469. The van der Waals surface area contributed by atoms with Gasteiger partial charge in [-0.2, -0.15) is 0 Å². The molecule has 1 aromatic carbocycles. The molecule has 1 aliphatic rings. The lowest BCUT2D eigenvalue weighted by molar-refractivity contribution is 0.0636. The third kappa shape index (κ3) is 3.85. The van der Waals surface area contributed by atoms with Gasteiger partial charge in [0, 0.05) is 22.7 Å². The van der Waals surface area contributed by atoms with E-state index in [0.29, 0.717) is 16.6 Å². The lowest BCUT2D eigenvalue weighted by atomic mass is 10.1. The Balaban J connectivity index is 2.07. The van der Waals surface area contributed by atoms with Gasteiger partial charge in [0.1, 0.15) is 5.60 Å². The van der Waals surface area contributed by atoms with Crippen LogP contribution in [0.4, 0.5) is 10.5 Å².